The number of carboxylic acid groups (broad SMARTS) is 2. The van der Waals surface area contributed by atoms with E-state index in [4.69, 9.17) is 10.2 Å². The zero-order valence-electron chi connectivity index (χ0n) is 15.7. The van der Waals surface area contributed by atoms with Gasteiger partial charge < -0.3 is 15.1 Å². The van der Waals surface area contributed by atoms with Crippen LogP contribution in [0.1, 0.15) is 12.5 Å². The lowest BCUT2D eigenvalue weighted by Crippen LogP contribution is -2.26. The molecule has 1 unspecified atom stereocenters. The number of carboxylic acids is 2. The second kappa shape index (κ2) is 11.9. The molecule has 0 amide bonds. The topological polar surface area (TPSA) is 77.8 Å². The van der Waals surface area contributed by atoms with Gasteiger partial charge in [-0.25, -0.2) is 9.59 Å². The fourth-order valence-electron chi connectivity index (χ4n) is 2.03. The monoisotopic (exact) mass is 387 g/mol. The van der Waals surface area contributed by atoms with Crippen LogP contribution < -0.4 is 0 Å². The van der Waals surface area contributed by atoms with Crippen molar-refractivity contribution in [3.8, 4) is 0 Å². The molecule has 2 aromatic rings. The molecule has 144 valence electrons. The van der Waals surface area contributed by atoms with E-state index in [2.05, 4.69) is 80.5 Å². The van der Waals surface area contributed by atoms with E-state index in [0.29, 0.717) is 18.2 Å². The third kappa shape index (κ3) is 9.63. The van der Waals surface area contributed by atoms with Crippen LogP contribution >= 0.6 is 11.8 Å². The van der Waals surface area contributed by atoms with Crippen molar-refractivity contribution in [2.45, 2.75) is 29.2 Å². The van der Waals surface area contributed by atoms with Crippen molar-refractivity contribution in [2.24, 2.45) is 0 Å². The summed E-state index contributed by atoms with van der Waals surface area (Å²) in [4.78, 5) is 24.0. The van der Waals surface area contributed by atoms with Crippen molar-refractivity contribution in [1.29, 1.82) is 0 Å². The molecule has 0 aliphatic heterocycles. The summed E-state index contributed by atoms with van der Waals surface area (Å²) < 4.78 is 0. The summed E-state index contributed by atoms with van der Waals surface area (Å²) in [6, 6.07) is 19.8. The maximum absolute atomic E-state index is 9.55. The quantitative estimate of drug-likeness (QED) is 0.698. The number of carbonyl (C=O) groups is 2. The van der Waals surface area contributed by atoms with Crippen LogP contribution in [0.4, 0.5) is 0 Å². The van der Waals surface area contributed by atoms with Crippen molar-refractivity contribution < 1.29 is 19.8 Å². The van der Waals surface area contributed by atoms with Crippen LogP contribution in [-0.2, 0) is 16.0 Å². The van der Waals surface area contributed by atoms with E-state index in [9.17, 15) is 9.59 Å². The second-order valence-corrected chi connectivity index (χ2v) is 7.16. The Bertz CT molecular complexity index is 744. The summed E-state index contributed by atoms with van der Waals surface area (Å²) in [6.45, 7) is 2.27. The maximum atomic E-state index is 9.55. The van der Waals surface area contributed by atoms with Crippen LogP contribution in [0, 0.1) is 0 Å². The van der Waals surface area contributed by atoms with Crippen molar-refractivity contribution in [3.63, 3.8) is 0 Å². The zero-order valence-corrected chi connectivity index (χ0v) is 16.5. The minimum absolute atomic E-state index is 0.553. The first-order chi connectivity index (χ1) is 12.8. The smallest absolute Gasteiger partial charge is 0.328 e. The highest BCUT2D eigenvalue weighted by atomic mass is 32.2. The highest BCUT2D eigenvalue weighted by molar-refractivity contribution is 7.99. The lowest BCUT2D eigenvalue weighted by Gasteiger charge is -2.21. The normalized spacial score (nSPS) is 11.7. The van der Waals surface area contributed by atoms with Crippen molar-refractivity contribution in [1.82, 2.24) is 4.90 Å². The molecular weight excluding hydrogens is 362 g/mol. The van der Waals surface area contributed by atoms with E-state index in [1.54, 1.807) is 0 Å². The highest BCUT2D eigenvalue weighted by Gasteiger charge is 2.10. The summed E-state index contributed by atoms with van der Waals surface area (Å²) in [5, 5.41) is 15.6. The molecule has 2 rings (SSSR count). The number of aliphatic carboxylic acids is 2. The van der Waals surface area contributed by atoms with Gasteiger partial charge in [0.1, 0.15) is 0 Å². The van der Waals surface area contributed by atoms with Gasteiger partial charge in [-0.2, -0.15) is 0 Å². The average Bonchev–Trinajstić information content (AvgIpc) is 2.63. The minimum atomic E-state index is -1.26. The third-order valence-electron chi connectivity index (χ3n) is 3.71. The highest BCUT2D eigenvalue weighted by Crippen LogP contribution is 2.30. The van der Waals surface area contributed by atoms with Gasteiger partial charge in [0, 0.05) is 28.0 Å². The van der Waals surface area contributed by atoms with E-state index in [-0.39, 0.29) is 0 Å². The zero-order chi connectivity index (χ0) is 20.2. The molecule has 0 saturated heterocycles. The first-order valence-electron chi connectivity index (χ1n) is 8.40. The molecule has 0 spiro atoms. The molecule has 2 aromatic carbocycles. The van der Waals surface area contributed by atoms with Gasteiger partial charge >= 0.3 is 11.9 Å². The lowest BCUT2D eigenvalue weighted by atomic mass is 10.1. The number of likely N-dealkylation sites (N-methyl/N-ethyl adjacent to an activating group) is 1. The van der Waals surface area contributed by atoms with Crippen LogP contribution in [0.2, 0.25) is 0 Å². The largest absolute Gasteiger partial charge is 0.478 e. The molecular formula is C21H25NO4S. The van der Waals surface area contributed by atoms with Gasteiger partial charge in [0.2, 0.25) is 0 Å². The SMILES string of the molecule is CC(Cc1ccccc1Sc1ccccc1)N(C)C.O=C(O)/C=C\C(=O)O. The molecule has 0 heterocycles. The van der Waals surface area contributed by atoms with Gasteiger partial charge in [-0.15, -0.1) is 0 Å². The van der Waals surface area contributed by atoms with Crippen molar-refractivity contribution in [2.75, 3.05) is 14.1 Å². The molecule has 27 heavy (non-hydrogen) atoms. The lowest BCUT2D eigenvalue weighted by molar-refractivity contribution is -0.134. The number of nitrogens with zero attached hydrogens (tertiary/aromatic N) is 1. The predicted octanol–water partition coefficient (Wildman–Crippen LogP) is 4.04. The molecule has 6 heteroatoms. The molecule has 0 radical (unpaired) electrons. The van der Waals surface area contributed by atoms with Crippen LogP contribution in [0.25, 0.3) is 0 Å². The molecule has 2 N–H and O–H groups in total. The Morgan fingerprint density at radius 1 is 0.963 bits per heavy atom. The summed E-state index contributed by atoms with van der Waals surface area (Å²) in [5.74, 6) is -2.51. The second-order valence-electron chi connectivity index (χ2n) is 6.05. The number of rotatable bonds is 7. The van der Waals surface area contributed by atoms with Gasteiger partial charge in [-0.1, -0.05) is 48.2 Å². The first-order valence-corrected chi connectivity index (χ1v) is 9.22. The third-order valence-corrected chi connectivity index (χ3v) is 4.84. The fraction of sp³-hybridized carbons (Fsp3) is 0.238. The molecule has 0 bridgehead atoms. The summed E-state index contributed by atoms with van der Waals surface area (Å²) in [6.07, 6.45) is 2.20. The summed E-state index contributed by atoms with van der Waals surface area (Å²) >= 11 is 1.85. The van der Waals surface area contributed by atoms with E-state index >= 15 is 0 Å². The number of hydrogen-bond acceptors (Lipinski definition) is 4. The Hall–Kier alpha value is -2.57. The van der Waals surface area contributed by atoms with Gasteiger partial charge in [-0.05, 0) is 51.2 Å². The van der Waals surface area contributed by atoms with Gasteiger partial charge in [0.15, 0.2) is 0 Å². The van der Waals surface area contributed by atoms with E-state index in [0.717, 1.165) is 6.42 Å². The number of benzene rings is 2. The van der Waals surface area contributed by atoms with E-state index < -0.39 is 11.9 Å². The molecule has 5 nitrogen and oxygen atoms in total. The average molecular weight is 388 g/mol. The summed E-state index contributed by atoms with van der Waals surface area (Å²) in [5.41, 5.74) is 1.43. The van der Waals surface area contributed by atoms with E-state index in [1.165, 1.54) is 15.4 Å². The van der Waals surface area contributed by atoms with Gasteiger partial charge in [0.05, 0.1) is 0 Å². The molecule has 0 aromatic heterocycles. The standard InChI is InChI=1S/C17H21NS.C4H4O4/c1-14(18(2)3)13-15-9-7-8-12-17(15)19-16-10-5-4-6-11-16;5-3(6)1-2-4(7)8/h4-12,14H,13H2,1-3H3;1-2H,(H,5,6)(H,7,8)/b;2-1-. The first kappa shape index (κ1) is 22.5. The van der Waals surface area contributed by atoms with Crippen LogP contribution in [0.5, 0.6) is 0 Å². The Morgan fingerprint density at radius 2 is 1.48 bits per heavy atom. The Morgan fingerprint density at radius 3 is 2.00 bits per heavy atom. The summed E-state index contributed by atoms with van der Waals surface area (Å²) in [7, 11) is 4.27. The van der Waals surface area contributed by atoms with E-state index in [1.807, 2.05) is 11.8 Å². The maximum Gasteiger partial charge on any atom is 0.328 e. The fourth-order valence-corrected chi connectivity index (χ4v) is 3.01. The van der Waals surface area contributed by atoms with Crippen molar-refractivity contribution in [3.05, 3.63) is 72.3 Å². The molecule has 0 aliphatic rings. The Balaban J connectivity index is 0.000000387. The van der Waals surface area contributed by atoms with Crippen LogP contribution in [0.15, 0.2) is 76.5 Å². The van der Waals surface area contributed by atoms with Gasteiger partial charge in [-0.3, -0.25) is 0 Å². The number of hydrogen-bond donors (Lipinski definition) is 2. The predicted molar refractivity (Wildman–Crippen MR) is 108 cm³/mol. The molecule has 0 fully saturated rings. The Labute approximate surface area is 164 Å². The Kier molecular flexibility index (Phi) is 9.93. The van der Waals surface area contributed by atoms with Crippen molar-refractivity contribution >= 4 is 23.7 Å². The van der Waals surface area contributed by atoms with Crippen LogP contribution in [-0.4, -0.2) is 47.2 Å². The molecule has 0 saturated carbocycles. The molecule has 1 atom stereocenters. The minimum Gasteiger partial charge on any atom is -0.478 e. The van der Waals surface area contributed by atoms with Gasteiger partial charge in [0.25, 0.3) is 0 Å². The van der Waals surface area contributed by atoms with Crippen LogP contribution in [0.3, 0.4) is 0 Å². The molecule has 0 aliphatic carbocycles.